The van der Waals surface area contributed by atoms with Crippen LogP contribution in [0.2, 0.25) is 0 Å². The Labute approximate surface area is 116 Å². The molecule has 0 radical (unpaired) electrons. The van der Waals surface area contributed by atoms with Crippen LogP contribution in [0.3, 0.4) is 0 Å². The molecule has 1 unspecified atom stereocenters. The number of unbranched alkanes of at least 4 members (excludes halogenated alkanes) is 3. The van der Waals surface area contributed by atoms with Crippen LogP contribution in [-0.4, -0.2) is 0 Å². The van der Waals surface area contributed by atoms with Gasteiger partial charge in [-0.05, 0) is 44.1 Å². The van der Waals surface area contributed by atoms with Gasteiger partial charge in [0.1, 0.15) is 0 Å². The van der Waals surface area contributed by atoms with E-state index in [0.717, 1.165) is 5.92 Å². The summed E-state index contributed by atoms with van der Waals surface area (Å²) in [7, 11) is 0. The lowest BCUT2D eigenvalue weighted by Gasteiger charge is -2.23. The molecule has 0 amide bonds. The van der Waals surface area contributed by atoms with E-state index in [2.05, 4.69) is 33.8 Å². The molecule has 0 heterocycles. The smallest absolute Gasteiger partial charge is 0.0219 e. The first-order chi connectivity index (χ1) is 8.69. The van der Waals surface area contributed by atoms with Gasteiger partial charge < -0.3 is 0 Å². The normalized spacial score (nSPS) is 19.2. The van der Waals surface area contributed by atoms with E-state index in [4.69, 9.17) is 0 Å². The summed E-state index contributed by atoms with van der Waals surface area (Å²) in [6.45, 7) is 13.2. The van der Waals surface area contributed by atoms with Gasteiger partial charge in [-0.3, -0.25) is 0 Å². The maximum absolute atomic E-state index is 2.47. The topological polar surface area (TPSA) is 0 Å². The maximum atomic E-state index is 2.47. The average Bonchev–Trinajstić information content (AvgIpc) is 2.38. The average molecular weight is 250 g/mol. The van der Waals surface area contributed by atoms with Crippen LogP contribution in [0.5, 0.6) is 0 Å². The standard InChI is InChI=1S/C16H28.C2H6/c1-5-7-8-9-10-16-14(4)11-13(3)12-15(16)6-2;1-2/h11,13H,5-10,12H2,1-4H3;1-2H3. The molecule has 0 N–H and O–H groups in total. The Hall–Kier alpha value is -0.520. The van der Waals surface area contributed by atoms with Crippen LogP contribution in [0.4, 0.5) is 0 Å². The van der Waals surface area contributed by atoms with Crippen molar-refractivity contribution in [3.05, 3.63) is 22.8 Å². The Balaban J connectivity index is 0.00000137. The molecule has 0 heteroatoms. The Morgan fingerprint density at radius 2 is 1.78 bits per heavy atom. The highest BCUT2D eigenvalue weighted by Gasteiger charge is 2.15. The summed E-state index contributed by atoms with van der Waals surface area (Å²) in [5, 5.41) is 0. The second-order valence-electron chi connectivity index (χ2n) is 5.28. The minimum atomic E-state index is 0.759. The molecule has 106 valence electrons. The molecule has 1 aliphatic rings. The second-order valence-corrected chi connectivity index (χ2v) is 5.28. The van der Waals surface area contributed by atoms with Crippen molar-refractivity contribution in [2.24, 2.45) is 5.92 Å². The van der Waals surface area contributed by atoms with Gasteiger partial charge in [-0.2, -0.15) is 0 Å². The van der Waals surface area contributed by atoms with Crippen LogP contribution >= 0.6 is 0 Å². The predicted octanol–water partition coefficient (Wildman–Crippen LogP) is 6.68. The van der Waals surface area contributed by atoms with E-state index in [0.29, 0.717) is 0 Å². The highest BCUT2D eigenvalue weighted by Crippen LogP contribution is 2.33. The molecule has 0 nitrogen and oxygen atoms in total. The third-order valence-corrected chi connectivity index (χ3v) is 3.71. The van der Waals surface area contributed by atoms with E-state index in [1.54, 1.807) is 16.7 Å². The van der Waals surface area contributed by atoms with Crippen molar-refractivity contribution in [1.29, 1.82) is 0 Å². The third kappa shape index (κ3) is 5.89. The first-order valence-electron chi connectivity index (χ1n) is 8.08. The Morgan fingerprint density at radius 3 is 2.33 bits per heavy atom. The largest absolute Gasteiger partial charge is 0.0782 e. The summed E-state index contributed by atoms with van der Waals surface area (Å²) in [5.74, 6) is 0.759. The van der Waals surface area contributed by atoms with Crippen LogP contribution in [0.1, 0.15) is 86.5 Å². The molecular formula is C18H34. The maximum Gasteiger partial charge on any atom is -0.0219 e. The van der Waals surface area contributed by atoms with Crippen molar-refractivity contribution < 1.29 is 0 Å². The molecule has 0 spiro atoms. The molecule has 1 rings (SSSR count). The highest BCUT2D eigenvalue weighted by molar-refractivity contribution is 5.37. The second kappa shape index (κ2) is 10.4. The van der Waals surface area contributed by atoms with E-state index < -0.39 is 0 Å². The Bertz CT molecular complexity index is 268. The zero-order chi connectivity index (χ0) is 14.0. The Kier molecular flexibility index (Phi) is 10.1. The van der Waals surface area contributed by atoms with Gasteiger partial charge in [0.05, 0.1) is 0 Å². The van der Waals surface area contributed by atoms with Gasteiger partial charge >= 0.3 is 0 Å². The van der Waals surface area contributed by atoms with Gasteiger partial charge in [0.2, 0.25) is 0 Å². The molecule has 0 saturated heterocycles. The first kappa shape index (κ1) is 17.5. The molecule has 0 aromatic carbocycles. The lowest BCUT2D eigenvalue weighted by molar-refractivity contribution is 0.633. The minimum Gasteiger partial charge on any atom is -0.0782 e. The van der Waals surface area contributed by atoms with Crippen LogP contribution in [0, 0.1) is 5.92 Å². The van der Waals surface area contributed by atoms with Gasteiger partial charge in [-0.25, -0.2) is 0 Å². The lowest BCUT2D eigenvalue weighted by atomic mass is 9.83. The number of hydrogen-bond acceptors (Lipinski definition) is 0. The molecule has 0 saturated carbocycles. The van der Waals surface area contributed by atoms with Crippen LogP contribution in [0.15, 0.2) is 22.8 Å². The van der Waals surface area contributed by atoms with E-state index >= 15 is 0 Å². The molecule has 18 heavy (non-hydrogen) atoms. The summed E-state index contributed by atoms with van der Waals surface area (Å²) in [4.78, 5) is 0. The summed E-state index contributed by atoms with van der Waals surface area (Å²) < 4.78 is 0. The first-order valence-corrected chi connectivity index (χ1v) is 8.08. The van der Waals surface area contributed by atoms with Gasteiger partial charge in [-0.1, -0.05) is 71.1 Å². The number of rotatable bonds is 6. The van der Waals surface area contributed by atoms with Crippen LogP contribution in [0.25, 0.3) is 0 Å². The van der Waals surface area contributed by atoms with E-state index in [9.17, 15) is 0 Å². The molecule has 1 aliphatic carbocycles. The van der Waals surface area contributed by atoms with E-state index in [-0.39, 0.29) is 0 Å². The summed E-state index contributed by atoms with van der Waals surface area (Å²) in [5.41, 5.74) is 4.98. The van der Waals surface area contributed by atoms with Gasteiger partial charge in [0.15, 0.2) is 0 Å². The van der Waals surface area contributed by atoms with Gasteiger partial charge in [-0.15, -0.1) is 0 Å². The molecular weight excluding hydrogens is 216 g/mol. The molecule has 1 atom stereocenters. The van der Waals surface area contributed by atoms with Gasteiger partial charge in [0.25, 0.3) is 0 Å². The molecule has 0 aromatic heterocycles. The molecule has 0 aliphatic heterocycles. The van der Waals surface area contributed by atoms with Crippen molar-refractivity contribution in [2.45, 2.75) is 86.5 Å². The van der Waals surface area contributed by atoms with Crippen LogP contribution in [-0.2, 0) is 0 Å². The van der Waals surface area contributed by atoms with Crippen molar-refractivity contribution in [3.63, 3.8) is 0 Å². The van der Waals surface area contributed by atoms with Crippen LogP contribution < -0.4 is 0 Å². The highest BCUT2D eigenvalue weighted by atomic mass is 14.2. The lowest BCUT2D eigenvalue weighted by Crippen LogP contribution is -2.06. The summed E-state index contributed by atoms with van der Waals surface area (Å²) in [6, 6.07) is 0. The predicted molar refractivity (Wildman–Crippen MR) is 85.0 cm³/mol. The van der Waals surface area contributed by atoms with E-state index in [1.807, 2.05) is 13.8 Å². The summed E-state index contributed by atoms with van der Waals surface area (Å²) in [6.07, 6.45) is 11.9. The number of hydrogen-bond donors (Lipinski definition) is 0. The summed E-state index contributed by atoms with van der Waals surface area (Å²) >= 11 is 0. The quantitative estimate of drug-likeness (QED) is 0.461. The zero-order valence-corrected chi connectivity index (χ0v) is 13.6. The third-order valence-electron chi connectivity index (χ3n) is 3.71. The fourth-order valence-corrected chi connectivity index (χ4v) is 2.84. The minimum absolute atomic E-state index is 0.759. The fraction of sp³-hybridized carbons (Fsp3) is 0.778. The molecule has 0 aromatic rings. The fourth-order valence-electron chi connectivity index (χ4n) is 2.84. The van der Waals surface area contributed by atoms with Crippen molar-refractivity contribution in [2.75, 3.05) is 0 Å². The van der Waals surface area contributed by atoms with Gasteiger partial charge in [0, 0.05) is 0 Å². The molecule has 0 bridgehead atoms. The van der Waals surface area contributed by atoms with Crippen molar-refractivity contribution in [1.82, 2.24) is 0 Å². The van der Waals surface area contributed by atoms with Crippen molar-refractivity contribution in [3.8, 4) is 0 Å². The van der Waals surface area contributed by atoms with Crippen molar-refractivity contribution >= 4 is 0 Å². The van der Waals surface area contributed by atoms with E-state index in [1.165, 1.54) is 44.9 Å². The zero-order valence-electron chi connectivity index (χ0n) is 13.6. The SMILES string of the molecule is CC.CCCCCCC1=C(CC)CC(C)C=C1C. The molecule has 0 fully saturated rings. The number of allylic oxidation sites excluding steroid dienone is 4. The monoisotopic (exact) mass is 250 g/mol. The Morgan fingerprint density at radius 1 is 1.11 bits per heavy atom.